The van der Waals surface area contributed by atoms with Gasteiger partial charge in [0.1, 0.15) is 5.76 Å². The molecule has 0 saturated heterocycles. The molecule has 5 heteroatoms. The summed E-state index contributed by atoms with van der Waals surface area (Å²) in [6.07, 6.45) is 1.61. The molecule has 0 aliphatic heterocycles. The number of amides is 2. The van der Waals surface area contributed by atoms with Gasteiger partial charge in [-0.15, -0.1) is 0 Å². The summed E-state index contributed by atoms with van der Waals surface area (Å²) in [5.74, 6) is 0.791. The molecule has 1 rings (SSSR count). The van der Waals surface area contributed by atoms with Gasteiger partial charge in [0.15, 0.2) is 0 Å². The molecule has 0 aliphatic rings. The number of nitrogens with one attached hydrogen (secondary N) is 2. The Morgan fingerprint density at radius 1 is 1.62 bits per heavy atom. The number of aromatic nitrogens is 1. The van der Waals surface area contributed by atoms with Crippen LogP contribution in [0.15, 0.2) is 10.6 Å². The quantitative estimate of drug-likeness (QED) is 0.800. The first-order valence-corrected chi connectivity index (χ1v) is 5.58. The second kappa shape index (κ2) is 6.15. The van der Waals surface area contributed by atoms with E-state index >= 15 is 0 Å². The van der Waals surface area contributed by atoms with Gasteiger partial charge in [0, 0.05) is 25.1 Å². The maximum Gasteiger partial charge on any atom is 0.315 e. The third-order valence-corrected chi connectivity index (χ3v) is 2.33. The summed E-state index contributed by atoms with van der Waals surface area (Å²) in [7, 11) is 0. The van der Waals surface area contributed by atoms with Gasteiger partial charge in [-0.25, -0.2) is 4.79 Å². The Balaban J connectivity index is 2.18. The first-order chi connectivity index (χ1) is 7.61. The van der Waals surface area contributed by atoms with E-state index in [0.717, 1.165) is 17.9 Å². The van der Waals surface area contributed by atoms with E-state index in [1.54, 1.807) is 0 Å². The maximum atomic E-state index is 11.3. The van der Waals surface area contributed by atoms with E-state index in [9.17, 15) is 4.79 Å². The minimum absolute atomic E-state index is 0.130. The smallest absolute Gasteiger partial charge is 0.315 e. The molecule has 0 radical (unpaired) electrons. The van der Waals surface area contributed by atoms with E-state index in [0.29, 0.717) is 13.0 Å². The van der Waals surface area contributed by atoms with Crippen molar-refractivity contribution in [2.24, 2.45) is 0 Å². The predicted octanol–water partition coefficient (Wildman–Crippen LogP) is 1.62. The topological polar surface area (TPSA) is 67.2 Å². The molecular formula is C11H19N3O2. The summed E-state index contributed by atoms with van der Waals surface area (Å²) in [4.78, 5) is 11.3. The zero-order chi connectivity index (χ0) is 12.0. The van der Waals surface area contributed by atoms with E-state index in [4.69, 9.17) is 4.52 Å². The molecule has 2 amide bonds. The van der Waals surface area contributed by atoms with Crippen molar-refractivity contribution < 1.29 is 9.32 Å². The number of hydrogen-bond acceptors (Lipinski definition) is 3. The van der Waals surface area contributed by atoms with Gasteiger partial charge in [0.25, 0.3) is 0 Å². The number of urea groups is 1. The molecule has 0 fully saturated rings. The summed E-state index contributed by atoms with van der Waals surface area (Å²) < 4.78 is 4.93. The Morgan fingerprint density at radius 2 is 2.38 bits per heavy atom. The van der Waals surface area contributed by atoms with Crippen LogP contribution in [-0.2, 0) is 6.42 Å². The van der Waals surface area contributed by atoms with Crippen LogP contribution in [-0.4, -0.2) is 23.8 Å². The normalized spacial score (nSPS) is 12.2. The molecular weight excluding hydrogens is 206 g/mol. The van der Waals surface area contributed by atoms with Crippen LogP contribution >= 0.6 is 0 Å². The van der Waals surface area contributed by atoms with E-state index in [-0.39, 0.29) is 12.1 Å². The minimum Gasteiger partial charge on any atom is -0.361 e. The van der Waals surface area contributed by atoms with Crippen LogP contribution in [0.4, 0.5) is 4.79 Å². The molecule has 5 nitrogen and oxygen atoms in total. The Hall–Kier alpha value is -1.52. The SMILES string of the molecule is CCC(C)NC(=O)NCCc1cc(C)on1. The van der Waals surface area contributed by atoms with Crippen molar-refractivity contribution >= 4 is 6.03 Å². The molecule has 2 N–H and O–H groups in total. The Bertz CT molecular complexity index is 336. The van der Waals surface area contributed by atoms with Crippen molar-refractivity contribution in [1.29, 1.82) is 0 Å². The van der Waals surface area contributed by atoms with Crippen molar-refractivity contribution in [2.45, 2.75) is 39.7 Å². The number of rotatable bonds is 5. The van der Waals surface area contributed by atoms with Gasteiger partial charge < -0.3 is 15.2 Å². The zero-order valence-corrected chi connectivity index (χ0v) is 10.0. The zero-order valence-electron chi connectivity index (χ0n) is 10.0. The highest BCUT2D eigenvalue weighted by Crippen LogP contribution is 2.01. The van der Waals surface area contributed by atoms with Gasteiger partial charge >= 0.3 is 6.03 Å². The van der Waals surface area contributed by atoms with Crippen molar-refractivity contribution in [3.63, 3.8) is 0 Å². The van der Waals surface area contributed by atoms with Gasteiger partial charge in [-0.05, 0) is 20.3 Å². The molecule has 0 spiro atoms. The van der Waals surface area contributed by atoms with Gasteiger partial charge in [0.05, 0.1) is 5.69 Å². The molecule has 1 aromatic rings. The first kappa shape index (κ1) is 12.5. The molecule has 1 aromatic heterocycles. The van der Waals surface area contributed by atoms with E-state index in [1.807, 2.05) is 26.8 Å². The molecule has 0 aromatic carbocycles. The lowest BCUT2D eigenvalue weighted by Gasteiger charge is -2.11. The number of nitrogens with zero attached hydrogens (tertiary/aromatic N) is 1. The number of carbonyl (C=O) groups is 1. The lowest BCUT2D eigenvalue weighted by molar-refractivity contribution is 0.237. The molecule has 1 heterocycles. The second-order valence-corrected chi connectivity index (χ2v) is 3.89. The lowest BCUT2D eigenvalue weighted by atomic mass is 10.3. The van der Waals surface area contributed by atoms with Crippen LogP contribution in [0.5, 0.6) is 0 Å². The van der Waals surface area contributed by atoms with E-state index in [1.165, 1.54) is 0 Å². The van der Waals surface area contributed by atoms with Crippen LogP contribution < -0.4 is 10.6 Å². The summed E-state index contributed by atoms with van der Waals surface area (Å²) in [5, 5.41) is 9.44. The van der Waals surface area contributed by atoms with E-state index < -0.39 is 0 Å². The third kappa shape index (κ3) is 4.33. The predicted molar refractivity (Wildman–Crippen MR) is 61.2 cm³/mol. The fourth-order valence-electron chi connectivity index (χ4n) is 1.22. The number of aryl methyl sites for hydroxylation is 1. The standard InChI is InChI=1S/C11H19N3O2/c1-4-8(2)13-11(15)12-6-5-10-7-9(3)16-14-10/h7-8H,4-6H2,1-3H3,(H2,12,13,15). The Morgan fingerprint density at radius 3 is 2.94 bits per heavy atom. The molecule has 0 saturated carbocycles. The third-order valence-electron chi connectivity index (χ3n) is 2.33. The summed E-state index contributed by atoms with van der Waals surface area (Å²) in [6, 6.07) is 1.94. The largest absolute Gasteiger partial charge is 0.361 e. The van der Waals surface area contributed by atoms with Crippen LogP contribution in [0.3, 0.4) is 0 Å². The monoisotopic (exact) mass is 225 g/mol. The number of hydrogen-bond donors (Lipinski definition) is 2. The second-order valence-electron chi connectivity index (χ2n) is 3.89. The van der Waals surface area contributed by atoms with Crippen LogP contribution in [0, 0.1) is 6.92 Å². The maximum absolute atomic E-state index is 11.3. The Kier molecular flexibility index (Phi) is 4.82. The van der Waals surface area contributed by atoms with Gasteiger partial charge in [-0.3, -0.25) is 0 Å². The van der Waals surface area contributed by atoms with Crippen molar-refractivity contribution in [3.05, 3.63) is 17.5 Å². The van der Waals surface area contributed by atoms with Crippen LogP contribution in [0.2, 0.25) is 0 Å². The van der Waals surface area contributed by atoms with Crippen LogP contribution in [0.1, 0.15) is 31.7 Å². The van der Waals surface area contributed by atoms with Crippen molar-refractivity contribution in [1.82, 2.24) is 15.8 Å². The first-order valence-electron chi connectivity index (χ1n) is 5.58. The summed E-state index contributed by atoms with van der Waals surface area (Å²) in [6.45, 7) is 6.41. The molecule has 90 valence electrons. The molecule has 16 heavy (non-hydrogen) atoms. The van der Waals surface area contributed by atoms with Crippen molar-refractivity contribution in [3.8, 4) is 0 Å². The fourth-order valence-corrected chi connectivity index (χ4v) is 1.22. The molecule has 1 atom stereocenters. The Labute approximate surface area is 95.6 Å². The lowest BCUT2D eigenvalue weighted by Crippen LogP contribution is -2.41. The van der Waals surface area contributed by atoms with Gasteiger partial charge in [0.2, 0.25) is 0 Å². The highest BCUT2D eigenvalue weighted by atomic mass is 16.5. The number of carbonyl (C=O) groups excluding carboxylic acids is 1. The summed E-state index contributed by atoms with van der Waals surface area (Å²) >= 11 is 0. The molecule has 1 unspecified atom stereocenters. The van der Waals surface area contributed by atoms with Crippen molar-refractivity contribution in [2.75, 3.05) is 6.54 Å². The highest BCUT2D eigenvalue weighted by molar-refractivity contribution is 5.74. The molecule has 0 bridgehead atoms. The summed E-state index contributed by atoms with van der Waals surface area (Å²) in [5.41, 5.74) is 0.862. The fraction of sp³-hybridized carbons (Fsp3) is 0.636. The highest BCUT2D eigenvalue weighted by Gasteiger charge is 2.05. The average molecular weight is 225 g/mol. The molecule has 0 aliphatic carbocycles. The minimum atomic E-state index is -0.130. The van der Waals surface area contributed by atoms with Gasteiger partial charge in [-0.1, -0.05) is 12.1 Å². The van der Waals surface area contributed by atoms with Crippen LogP contribution in [0.25, 0.3) is 0 Å². The average Bonchev–Trinajstić information content (AvgIpc) is 2.64. The van der Waals surface area contributed by atoms with E-state index in [2.05, 4.69) is 15.8 Å². The van der Waals surface area contributed by atoms with Gasteiger partial charge in [-0.2, -0.15) is 0 Å².